The predicted molar refractivity (Wildman–Crippen MR) is 59.1 cm³/mol. The van der Waals surface area contributed by atoms with Crippen LogP contribution in [0.1, 0.15) is 14.9 Å². The van der Waals surface area contributed by atoms with Crippen molar-refractivity contribution < 1.29 is 13.2 Å². The minimum atomic E-state index is -4.44. The minimum absolute atomic E-state index is 0.144. The highest BCUT2D eigenvalue weighted by molar-refractivity contribution is 7.15. The monoisotopic (exact) mass is 280 g/mol. The van der Waals surface area contributed by atoms with E-state index in [2.05, 4.69) is 20.5 Å². The number of aryl methyl sites for hydroxylation is 1. The third-order valence-corrected chi connectivity index (χ3v) is 3.57. The number of nitrogens with zero attached hydrogens (tertiary/aromatic N) is 3. The van der Waals surface area contributed by atoms with E-state index in [1.54, 1.807) is 6.20 Å². The molecule has 2 heterocycles. The molecule has 92 valence electrons. The van der Waals surface area contributed by atoms with E-state index in [1.165, 1.54) is 11.3 Å². The van der Waals surface area contributed by atoms with Crippen LogP contribution in [-0.2, 0) is 12.7 Å². The summed E-state index contributed by atoms with van der Waals surface area (Å²) in [4.78, 5) is 5.13. The van der Waals surface area contributed by atoms with Gasteiger partial charge in [-0.3, -0.25) is 0 Å². The second kappa shape index (κ2) is 4.57. The molecular formula is C8H7F3N4S2. The lowest BCUT2D eigenvalue weighted by molar-refractivity contribution is -0.138. The summed E-state index contributed by atoms with van der Waals surface area (Å²) in [7, 11) is 0. The number of halogens is 3. The Labute approximate surface area is 103 Å². The molecule has 0 aliphatic carbocycles. The Morgan fingerprint density at radius 2 is 2.06 bits per heavy atom. The van der Waals surface area contributed by atoms with Crippen molar-refractivity contribution in [3.8, 4) is 0 Å². The number of nitrogens with one attached hydrogen (secondary N) is 1. The summed E-state index contributed by atoms with van der Waals surface area (Å²) in [6.07, 6.45) is -2.72. The number of alkyl halides is 3. The lowest BCUT2D eigenvalue weighted by Crippen LogP contribution is -2.03. The predicted octanol–water partition coefficient (Wildman–Crippen LogP) is 2.93. The van der Waals surface area contributed by atoms with Gasteiger partial charge in [0.15, 0.2) is 0 Å². The summed E-state index contributed by atoms with van der Waals surface area (Å²) in [6, 6.07) is 0. The fourth-order valence-corrected chi connectivity index (χ4v) is 2.38. The summed E-state index contributed by atoms with van der Waals surface area (Å²) in [5.74, 6) is 0. The summed E-state index contributed by atoms with van der Waals surface area (Å²) >= 11 is 1.96. The molecule has 9 heteroatoms. The topological polar surface area (TPSA) is 50.7 Å². The molecule has 0 aliphatic heterocycles. The molecule has 2 rings (SSSR count). The van der Waals surface area contributed by atoms with Gasteiger partial charge in [-0.25, -0.2) is 4.98 Å². The van der Waals surface area contributed by atoms with Crippen molar-refractivity contribution in [2.45, 2.75) is 19.6 Å². The van der Waals surface area contributed by atoms with Crippen molar-refractivity contribution in [3.05, 3.63) is 21.1 Å². The van der Waals surface area contributed by atoms with Gasteiger partial charge in [-0.1, -0.05) is 11.3 Å². The Hall–Kier alpha value is -1.22. The van der Waals surface area contributed by atoms with E-state index >= 15 is 0 Å². The van der Waals surface area contributed by atoms with Crippen LogP contribution in [0, 0.1) is 6.92 Å². The van der Waals surface area contributed by atoms with Gasteiger partial charge < -0.3 is 5.32 Å². The van der Waals surface area contributed by atoms with Gasteiger partial charge in [0, 0.05) is 11.1 Å². The van der Waals surface area contributed by atoms with E-state index in [0.29, 0.717) is 17.9 Å². The quantitative estimate of drug-likeness (QED) is 0.939. The molecule has 0 aromatic carbocycles. The fraction of sp³-hybridized carbons (Fsp3) is 0.375. The number of anilines is 1. The average Bonchev–Trinajstić information content (AvgIpc) is 2.82. The minimum Gasteiger partial charge on any atom is -0.354 e. The van der Waals surface area contributed by atoms with Crippen LogP contribution in [0.3, 0.4) is 0 Å². The Morgan fingerprint density at radius 1 is 1.29 bits per heavy atom. The SMILES string of the molecule is Cc1cnc(CNc2nnc(C(F)(F)F)s2)s1. The number of thiazole rings is 1. The first kappa shape index (κ1) is 12.2. The summed E-state index contributed by atoms with van der Waals surface area (Å²) in [5.41, 5.74) is 0. The Morgan fingerprint density at radius 3 is 2.59 bits per heavy atom. The van der Waals surface area contributed by atoms with Gasteiger partial charge in [0.1, 0.15) is 5.01 Å². The zero-order valence-corrected chi connectivity index (χ0v) is 10.2. The first-order valence-corrected chi connectivity index (χ1v) is 6.14. The van der Waals surface area contributed by atoms with Crippen LogP contribution in [0.2, 0.25) is 0 Å². The highest BCUT2D eigenvalue weighted by atomic mass is 32.1. The largest absolute Gasteiger partial charge is 0.445 e. The van der Waals surface area contributed by atoms with Crippen LogP contribution in [0.25, 0.3) is 0 Å². The van der Waals surface area contributed by atoms with Gasteiger partial charge in [-0.15, -0.1) is 21.5 Å². The van der Waals surface area contributed by atoms with E-state index in [0.717, 1.165) is 9.88 Å². The molecule has 0 saturated carbocycles. The third-order valence-electron chi connectivity index (χ3n) is 1.73. The van der Waals surface area contributed by atoms with Crippen molar-refractivity contribution in [1.82, 2.24) is 15.2 Å². The molecule has 0 amide bonds. The number of hydrogen-bond acceptors (Lipinski definition) is 6. The Kier molecular flexibility index (Phi) is 3.29. The summed E-state index contributed by atoms with van der Waals surface area (Å²) < 4.78 is 36.7. The van der Waals surface area contributed by atoms with Crippen molar-refractivity contribution in [2.24, 2.45) is 0 Å². The molecule has 0 saturated heterocycles. The van der Waals surface area contributed by atoms with E-state index < -0.39 is 11.2 Å². The van der Waals surface area contributed by atoms with E-state index in [-0.39, 0.29) is 5.13 Å². The summed E-state index contributed by atoms with van der Waals surface area (Å²) in [5, 5.41) is 9.24. The van der Waals surface area contributed by atoms with Crippen LogP contribution in [0.15, 0.2) is 6.20 Å². The van der Waals surface area contributed by atoms with E-state index in [9.17, 15) is 13.2 Å². The van der Waals surface area contributed by atoms with Crippen LogP contribution in [0.5, 0.6) is 0 Å². The molecule has 0 atom stereocenters. The maximum atomic E-state index is 12.2. The van der Waals surface area contributed by atoms with Gasteiger partial charge >= 0.3 is 6.18 Å². The molecule has 4 nitrogen and oxygen atoms in total. The number of hydrogen-bond donors (Lipinski definition) is 1. The number of aromatic nitrogens is 3. The van der Waals surface area contributed by atoms with Crippen molar-refractivity contribution in [3.63, 3.8) is 0 Å². The molecule has 1 N–H and O–H groups in total. The average molecular weight is 280 g/mol. The van der Waals surface area contributed by atoms with Gasteiger partial charge in [0.05, 0.1) is 6.54 Å². The standard InChI is InChI=1S/C8H7F3N4S2/c1-4-2-12-5(16-4)3-13-7-15-14-6(17-7)8(9,10)11/h2H,3H2,1H3,(H,13,15). The highest BCUT2D eigenvalue weighted by Gasteiger charge is 2.35. The Balaban J connectivity index is 1.98. The molecule has 0 unspecified atom stereocenters. The fourth-order valence-electron chi connectivity index (χ4n) is 1.04. The lowest BCUT2D eigenvalue weighted by Gasteiger charge is -1.98. The van der Waals surface area contributed by atoms with Crippen LogP contribution in [-0.4, -0.2) is 15.2 Å². The lowest BCUT2D eigenvalue weighted by atomic mass is 10.6. The van der Waals surface area contributed by atoms with Gasteiger partial charge in [-0.05, 0) is 6.92 Å². The molecular weight excluding hydrogens is 273 g/mol. The Bertz CT molecular complexity index is 505. The highest BCUT2D eigenvalue weighted by Crippen LogP contribution is 2.33. The van der Waals surface area contributed by atoms with Crippen LogP contribution < -0.4 is 5.32 Å². The van der Waals surface area contributed by atoms with Gasteiger partial charge in [0.2, 0.25) is 10.1 Å². The first-order chi connectivity index (χ1) is 7.95. The molecule has 17 heavy (non-hydrogen) atoms. The maximum Gasteiger partial charge on any atom is 0.445 e. The molecule has 0 radical (unpaired) electrons. The third kappa shape index (κ3) is 3.13. The van der Waals surface area contributed by atoms with E-state index in [1.807, 2.05) is 6.92 Å². The second-order valence-electron chi connectivity index (χ2n) is 3.13. The zero-order chi connectivity index (χ0) is 12.5. The maximum absolute atomic E-state index is 12.2. The van der Waals surface area contributed by atoms with Gasteiger partial charge in [-0.2, -0.15) is 13.2 Å². The normalized spacial score (nSPS) is 11.8. The molecule has 2 aromatic heterocycles. The van der Waals surface area contributed by atoms with Gasteiger partial charge in [0.25, 0.3) is 0 Å². The molecule has 0 aliphatic rings. The van der Waals surface area contributed by atoms with Crippen LogP contribution >= 0.6 is 22.7 Å². The molecule has 2 aromatic rings. The zero-order valence-electron chi connectivity index (χ0n) is 8.58. The number of rotatable bonds is 3. The summed E-state index contributed by atoms with van der Waals surface area (Å²) in [6.45, 7) is 2.26. The van der Waals surface area contributed by atoms with E-state index in [4.69, 9.17) is 0 Å². The first-order valence-electron chi connectivity index (χ1n) is 4.51. The van der Waals surface area contributed by atoms with Crippen molar-refractivity contribution in [1.29, 1.82) is 0 Å². The van der Waals surface area contributed by atoms with Crippen molar-refractivity contribution in [2.75, 3.05) is 5.32 Å². The second-order valence-corrected chi connectivity index (χ2v) is 5.43. The smallest absolute Gasteiger partial charge is 0.354 e. The molecule has 0 spiro atoms. The molecule has 0 bridgehead atoms. The molecule has 0 fully saturated rings. The van der Waals surface area contributed by atoms with Crippen molar-refractivity contribution >= 4 is 27.8 Å². The van der Waals surface area contributed by atoms with Crippen LogP contribution in [0.4, 0.5) is 18.3 Å².